The van der Waals surface area contributed by atoms with Crippen molar-refractivity contribution in [2.45, 2.75) is 25.4 Å². The Labute approximate surface area is 116 Å². The maximum Gasteiger partial charge on any atom is 0.245 e. The molecule has 0 radical (unpaired) electrons. The Bertz CT molecular complexity index is 629. The summed E-state index contributed by atoms with van der Waals surface area (Å²) in [6.07, 6.45) is 0.997. The molecule has 1 atom stereocenters. The third-order valence-corrected chi connectivity index (χ3v) is 3.54. The first-order valence-electron chi connectivity index (χ1n) is 6.65. The van der Waals surface area contributed by atoms with Crippen molar-refractivity contribution in [1.29, 1.82) is 0 Å². The maximum absolute atomic E-state index is 12.2. The molecule has 3 rings (SSSR count). The Morgan fingerprint density at radius 2 is 2.25 bits per heavy atom. The molecule has 1 aromatic heterocycles. The first-order chi connectivity index (χ1) is 9.63. The molecule has 0 bridgehead atoms. The third-order valence-electron chi connectivity index (χ3n) is 3.54. The van der Waals surface area contributed by atoms with Gasteiger partial charge in [0, 0.05) is 18.9 Å². The van der Waals surface area contributed by atoms with Crippen molar-refractivity contribution in [3.05, 3.63) is 36.1 Å². The van der Waals surface area contributed by atoms with E-state index in [2.05, 4.69) is 5.32 Å². The fourth-order valence-corrected chi connectivity index (χ4v) is 2.49. The number of carbonyl (C=O) groups is 2. The van der Waals surface area contributed by atoms with Gasteiger partial charge in [0.15, 0.2) is 0 Å². The summed E-state index contributed by atoms with van der Waals surface area (Å²) in [7, 11) is 1.72. The second-order valence-corrected chi connectivity index (χ2v) is 5.10. The number of fused-ring (bicyclic) bond motifs is 1. The molecule has 20 heavy (non-hydrogen) atoms. The molecule has 1 aliphatic rings. The summed E-state index contributed by atoms with van der Waals surface area (Å²) >= 11 is 0. The smallest absolute Gasteiger partial charge is 0.245 e. The van der Waals surface area contributed by atoms with E-state index in [4.69, 9.17) is 4.42 Å². The molecule has 104 valence electrons. The molecule has 1 aliphatic heterocycles. The molecule has 5 nitrogen and oxygen atoms in total. The Morgan fingerprint density at radius 1 is 1.45 bits per heavy atom. The lowest BCUT2D eigenvalue weighted by Crippen LogP contribution is -2.42. The number of amides is 2. The van der Waals surface area contributed by atoms with Crippen LogP contribution in [0.3, 0.4) is 0 Å². The van der Waals surface area contributed by atoms with Gasteiger partial charge in [-0.2, -0.15) is 0 Å². The Balaban J connectivity index is 1.70. The second-order valence-electron chi connectivity index (χ2n) is 5.10. The van der Waals surface area contributed by atoms with Crippen molar-refractivity contribution in [3.63, 3.8) is 0 Å². The third kappa shape index (κ3) is 2.39. The van der Waals surface area contributed by atoms with E-state index < -0.39 is 6.04 Å². The standard InChI is InChI=1S/C15H16N2O3/c1-17(15(19)12-6-7-14(18)16-12)9-11-8-10-4-2-3-5-13(10)20-11/h2-5,8,12H,6-7,9H2,1H3,(H,16,18). The van der Waals surface area contributed by atoms with Crippen LogP contribution in [0, 0.1) is 0 Å². The highest BCUT2D eigenvalue weighted by Crippen LogP contribution is 2.20. The summed E-state index contributed by atoms with van der Waals surface area (Å²) in [6, 6.07) is 9.28. The van der Waals surface area contributed by atoms with Crippen molar-refractivity contribution in [1.82, 2.24) is 10.2 Å². The zero-order chi connectivity index (χ0) is 14.1. The lowest BCUT2D eigenvalue weighted by atomic mass is 10.2. The quantitative estimate of drug-likeness (QED) is 0.924. The Morgan fingerprint density at radius 3 is 2.95 bits per heavy atom. The monoisotopic (exact) mass is 272 g/mol. The molecule has 0 saturated carbocycles. The zero-order valence-electron chi connectivity index (χ0n) is 11.3. The van der Waals surface area contributed by atoms with Gasteiger partial charge in [0.2, 0.25) is 11.8 Å². The average Bonchev–Trinajstić information content (AvgIpc) is 3.03. The first kappa shape index (κ1) is 12.7. The minimum atomic E-state index is -0.392. The molecular formula is C15H16N2O3. The van der Waals surface area contributed by atoms with Gasteiger partial charge in [-0.3, -0.25) is 9.59 Å². The first-order valence-corrected chi connectivity index (χ1v) is 6.65. The van der Waals surface area contributed by atoms with Gasteiger partial charge >= 0.3 is 0 Å². The van der Waals surface area contributed by atoms with Crippen LogP contribution in [0.2, 0.25) is 0 Å². The molecule has 5 heteroatoms. The van der Waals surface area contributed by atoms with Crippen LogP contribution in [0.4, 0.5) is 0 Å². The predicted molar refractivity (Wildman–Crippen MR) is 73.9 cm³/mol. The minimum Gasteiger partial charge on any atom is -0.459 e. The van der Waals surface area contributed by atoms with E-state index in [1.807, 2.05) is 30.3 Å². The number of rotatable bonds is 3. The van der Waals surface area contributed by atoms with Crippen LogP contribution in [0.1, 0.15) is 18.6 Å². The lowest BCUT2D eigenvalue weighted by Gasteiger charge is -2.19. The molecule has 0 spiro atoms. The van der Waals surface area contributed by atoms with Crippen LogP contribution >= 0.6 is 0 Å². The van der Waals surface area contributed by atoms with Gasteiger partial charge < -0.3 is 14.6 Å². The molecule has 2 heterocycles. The van der Waals surface area contributed by atoms with Gasteiger partial charge in [-0.05, 0) is 18.6 Å². The highest BCUT2D eigenvalue weighted by atomic mass is 16.3. The van der Waals surface area contributed by atoms with Gasteiger partial charge in [-0.25, -0.2) is 0 Å². The van der Waals surface area contributed by atoms with E-state index in [0.717, 1.165) is 16.7 Å². The second kappa shape index (κ2) is 5.00. The van der Waals surface area contributed by atoms with Crippen molar-refractivity contribution in [2.24, 2.45) is 0 Å². The normalized spacial score (nSPS) is 18.2. The van der Waals surface area contributed by atoms with E-state index in [-0.39, 0.29) is 11.8 Å². The number of nitrogens with one attached hydrogen (secondary N) is 1. The summed E-state index contributed by atoms with van der Waals surface area (Å²) < 4.78 is 5.69. The van der Waals surface area contributed by atoms with Crippen molar-refractivity contribution in [3.8, 4) is 0 Å². The molecule has 1 unspecified atom stereocenters. The van der Waals surface area contributed by atoms with Crippen LogP contribution in [0.5, 0.6) is 0 Å². The molecule has 1 fully saturated rings. The van der Waals surface area contributed by atoms with Gasteiger partial charge in [0.05, 0.1) is 6.54 Å². The summed E-state index contributed by atoms with van der Waals surface area (Å²) in [5.74, 6) is 0.614. The van der Waals surface area contributed by atoms with Crippen LogP contribution in [-0.4, -0.2) is 29.8 Å². The minimum absolute atomic E-state index is 0.0551. The van der Waals surface area contributed by atoms with E-state index >= 15 is 0 Å². The summed E-state index contributed by atoms with van der Waals surface area (Å²) in [5.41, 5.74) is 0.817. The van der Waals surface area contributed by atoms with Crippen molar-refractivity contribution >= 4 is 22.8 Å². The van der Waals surface area contributed by atoms with Gasteiger partial charge in [-0.1, -0.05) is 18.2 Å². The molecule has 0 aliphatic carbocycles. The van der Waals surface area contributed by atoms with Gasteiger partial charge in [-0.15, -0.1) is 0 Å². The number of hydrogen-bond acceptors (Lipinski definition) is 3. The van der Waals surface area contributed by atoms with Crippen molar-refractivity contribution in [2.75, 3.05) is 7.05 Å². The maximum atomic E-state index is 12.2. The fraction of sp³-hybridized carbons (Fsp3) is 0.333. The molecule has 2 amide bonds. The Kier molecular flexibility index (Phi) is 3.18. The molecule has 2 aromatic rings. The van der Waals surface area contributed by atoms with Crippen LogP contribution in [0.15, 0.2) is 34.7 Å². The molecule has 1 N–H and O–H groups in total. The SMILES string of the molecule is CN(Cc1cc2ccccc2o1)C(=O)C1CCC(=O)N1. The Hall–Kier alpha value is -2.30. The summed E-state index contributed by atoms with van der Waals surface area (Å²) in [4.78, 5) is 24.9. The molecule has 1 aromatic carbocycles. The van der Waals surface area contributed by atoms with Gasteiger partial charge in [0.25, 0.3) is 0 Å². The number of nitrogens with zero attached hydrogens (tertiary/aromatic N) is 1. The van der Waals surface area contributed by atoms with Crippen LogP contribution in [0.25, 0.3) is 11.0 Å². The number of benzene rings is 1. The lowest BCUT2D eigenvalue weighted by molar-refractivity contribution is -0.133. The van der Waals surface area contributed by atoms with E-state index in [1.165, 1.54) is 0 Å². The van der Waals surface area contributed by atoms with Crippen LogP contribution in [-0.2, 0) is 16.1 Å². The summed E-state index contributed by atoms with van der Waals surface area (Å²) in [6.45, 7) is 0.403. The van der Waals surface area contributed by atoms with Gasteiger partial charge in [0.1, 0.15) is 17.4 Å². The van der Waals surface area contributed by atoms with Crippen LogP contribution < -0.4 is 5.32 Å². The van der Waals surface area contributed by atoms with E-state index in [9.17, 15) is 9.59 Å². The number of para-hydroxylation sites is 1. The number of carbonyl (C=O) groups excluding carboxylic acids is 2. The topological polar surface area (TPSA) is 62.6 Å². The van der Waals surface area contributed by atoms with Crippen molar-refractivity contribution < 1.29 is 14.0 Å². The highest BCUT2D eigenvalue weighted by Gasteiger charge is 2.29. The predicted octanol–water partition coefficient (Wildman–Crippen LogP) is 1.67. The highest BCUT2D eigenvalue weighted by molar-refractivity contribution is 5.90. The summed E-state index contributed by atoms with van der Waals surface area (Å²) in [5, 5.41) is 3.71. The fourth-order valence-electron chi connectivity index (χ4n) is 2.49. The molecule has 1 saturated heterocycles. The zero-order valence-corrected chi connectivity index (χ0v) is 11.3. The number of hydrogen-bond donors (Lipinski definition) is 1. The van der Waals surface area contributed by atoms with E-state index in [0.29, 0.717) is 19.4 Å². The largest absolute Gasteiger partial charge is 0.459 e. The average molecular weight is 272 g/mol. The molecular weight excluding hydrogens is 256 g/mol. The number of likely N-dealkylation sites (N-methyl/N-ethyl adjacent to an activating group) is 1. The number of furan rings is 1. The van der Waals surface area contributed by atoms with E-state index in [1.54, 1.807) is 11.9 Å².